The molecule has 7 nitrogen and oxygen atoms in total. The van der Waals surface area contributed by atoms with Crippen LogP contribution in [0.5, 0.6) is 0 Å². The predicted molar refractivity (Wildman–Crippen MR) is 113 cm³/mol. The highest BCUT2D eigenvalue weighted by molar-refractivity contribution is 8.00. The summed E-state index contributed by atoms with van der Waals surface area (Å²) < 4.78 is 8.30. The van der Waals surface area contributed by atoms with Gasteiger partial charge in [0.1, 0.15) is 0 Å². The molecule has 28 heavy (non-hydrogen) atoms. The lowest BCUT2D eigenvalue weighted by Crippen LogP contribution is -2.18. The minimum Gasteiger partial charge on any atom is -0.376 e. The van der Waals surface area contributed by atoms with Gasteiger partial charge in [0, 0.05) is 35.5 Å². The van der Waals surface area contributed by atoms with Crippen molar-refractivity contribution >= 4 is 44.5 Å². The monoisotopic (exact) mass is 435 g/mol. The molecule has 1 aliphatic carbocycles. The molecule has 148 valence electrons. The maximum absolute atomic E-state index is 12.6. The van der Waals surface area contributed by atoms with Gasteiger partial charge in [-0.1, -0.05) is 23.1 Å². The average molecular weight is 436 g/mol. The molecule has 1 N–H and O–H groups in total. The van der Waals surface area contributed by atoms with Crippen LogP contribution in [0.1, 0.15) is 41.9 Å². The minimum absolute atomic E-state index is 0.0381. The van der Waals surface area contributed by atoms with E-state index in [0.29, 0.717) is 5.75 Å². The summed E-state index contributed by atoms with van der Waals surface area (Å²) in [6, 6.07) is 1.67. The lowest BCUT2D eigenvalue weighted by Gasteiger charge is -2.10. The first-order valence-corrected chi connectivity index (χ1v) is 12.2. The van der Waals surface area contributed by atoms with E-state index in [1.54, 1.807) is 29.2 Å². The van der Waals surface area contributed by atoms with Gasteiger partial charge in [-0.15, -0.1) is 21.5 Å². The first kappa shape index (κ1) is 18.5. The number of ether oxygens (including phenoxy) is 1. The maximum Gasteiger partial charge on any atom is 0.259 e. The molecule has 1 saturated heterocycles. The van der Waals surface area contributed by atoms with Crippen molar-refractivity contribution in [2.45, 2.75) is 54.7 Å². The molecule has 10 heteroatoms. The van der Waals surface area contributed by atoms with Crippen molar-refractivity contribution in [2.24, 2.45) is 0 Å². The average Bonchev–Trinajstić information content (AvgIpc) is 3.43. The second-order valence-electron chi connectivity index (χ2n) is 7.06. The molecule has 1 aliphatic heterocycles. The summed E-state index contributed by atoms with van der Waals surface area (Å²) >= 11 is 4.77. The zero-order valence-corrected chi connectivity index (χ0v) is 17.8. The fraction of sp³-hybridized carbons (Fsp3) is 0.556. The van der Waals surface area contributed by atoms with Crippen molar-refractivity contribution in [3.05, 3.63) is 32.7 Å². The largest absolute Gasteiger partial charge is 0.376 e. The van der Waals surface area contributed by atoms with Gasteiger partial charge >= 0.3 is 0 Å². The summed E-state index contributed by atoms with van der Waals surface area (Å²) in [6.07, 6.45) is 6.93. The van der Waals surface area contributed by atoms with E-state index in [2.05, 4.69) is 15.5 Å². The van der Waals surface area contributed by atoms with Gasteiger partial charge in [0.05, 0.1) is 11.8 Å². The van der Waals surface area contributed by atoms with Gasteiger partial charge in [0.25, 0.3) is 5.56 Å². The summed E-state index contributed by atoms with van der Waals surface area (Å²) in [5.41, 5.74) is 2.02. The van der Waals surface area contributed by atoms with E-state index in [-0.39, 0.29) is 11.7 Å². The molecule has 2 aliphatic rings. The summed E-state index contributed by atoms with van der Waals surface area (Å²) in [5.74, 6) is 0.620. The highest BCUT2D eigenvalue weighted by atomic mass is 32.2. The number of thioether (sulfide) groups is 1. The van der Waals surface area contributed by atoms with Gasteiger partial charge in [0.2, 0.25) is 5.13 Å². The Kier molecular flexibility index (Phi) is 5.36. The quantitative estimate of drug-likeness (QED) is 0.595. The van der Waals surface area contributed by atoms with Gasteiger partial charge in [-0.25, -0.2) is 4.98 Å². The number of hydrogen-bond donors (Lipinski definition) is 1. The van der Waals surface area contributed by atoms with Crippen molar-refractivity contribution in [1.29, 1.82) is 0 Å². The second-order valence-corrected chi connectivity index (χ2v) is 10.3. The van der Waals surface area contributed by atoms with Crippen molar-refractivity contribution in [3.8, 4) is 0 Å². The van der Waals surface area contributed by atoms with Crippen LogP contribution in [0.15, 0.2) is 15.2 Å². The van der Waals surface area contributed by atoms with Crippen LogP contribution >= 0.6 is 34.4 Å². The lowest BCUT2D eigenvalue weighted by atomic mass is 10.0. The SMILES string of the molecule is O=c1cc(CSc2nnc(NC[C@@H]3CCCO3)s2)nc2sc3c(n12)CCCC3. The van der Waals surface area contributed by atoms with E-state index in [9.17, 15) is 4.79 Å². The third kappa shape index (κ3) is 3.83. The Balaban J connectivity index is 1.25. The topological polar surface area (TPSA) is 81.4 Å². The van der Waals surface area contributed by atoms with Crippen molar-refractivity contribution in [1.82, 2.24) is 19.6 Å². The number of thiazole rings is 1. The standard InChI is InChI=1S/C18H21N5O2S3/c24-15-8-11(20-17-23(15)13-5-1-2-6-14(13)27-17)10-26-18-22-21-16(28-18)19-9-12-4-3-7-25-12/h8,12H,1-7,9-10H2,(H,19,21)/t12-/m0/s1. The van der Waals surface area contributed by atoms with E-state index in [1.165, 1.54) is 28.3 Å². The van der Waals surface area contributed by atoms with E-state index in [0.717, 1.165) is 65.4 Å². The molecular formula is C18H21N5O2S3. The molecular weight excluding hydrogens is 414 g/mol. The van der Waals surface area contributed by atoms with Crippen LogP contribution in [0.25, 0.3) is 4.96 Å². The number of aromatic nitrogens is 4. The van der Waals surface area contributed by atoms with E-state index >= 15 is 0 Å². The third-order valence-corrected chi connectivity index (χ3v) is 8.26. The van der Waals surface area contributed by atoms with Gasteiger partial charge < -0.3 is 10.1 Å². The number of hydrogen-bond acceptors (Lipinski definition) is 9. The lowest BCUT2D eigenvalue weighted by molar-refractivity contribution is 0.120. The van der Waals surface area contributed by atoms with Gasteiger partial charge in [0.15, 0.2) is 9.30 Å². The Labute approximate surface area is 174 Å². The van der Waals surface area contributed by atoms with Gasteiger partial charge in [-0.05, 0) is 38.5 Å². The Hall–Kier alpha value is -1.49. The molecule has 5 rings (SSSR count). The van der Waals surface area contributed by atoms with Crippen molar-refractivity contribution < 1.29 is 4.74 Å². The Morgan fingerprint density at radius 2 is 2.18 bits per heavy atom. The molecule has 1 atom stereocenters. The molecule has 0 bridgehead atoms. The molecule has 3 aromatic rings. The molecule has 0 radical (unpaired) electrons. The van der Waals surface area contributed by atoms with Crippen molar-refractivity contribution in [3.63, 3.8) is 0 Å². The minimum atomic E-state index is 0.0381. The van der Waals surface area contributed by atoms with Crippen LogP contribution < -0.4 is 10.9 Å². The summed E-state index contributed by atoms with van der Waals surface area (Å²) in [5, 5.41) is 12.5. The molecule has 0 unspecified atom stereocenters. The fourth-order valence-corrected chi connectivity index (χ4v) is 6.58. The molecule has 1 fully saturated rings. The molecule has 0 aromatic carbocycles. The Bertz CT molecular complexity index is 1040. The number of nitrogens with one attached hydrogen (secondary N) is 1. The number of anilines is 1. The summed E-state index contributed by atoms with van der Waals surface area (Å²) in [4.78, 5) is 19.5. The number of nitrogens with zero attached hydrogens (tertiary/aromatic N) is 4. The van der Waals surface area contributed by atoms with Crippen LogP contribution in [0.4, 0.5) is 5.13 Å². The van der Waals surface area contributed by atoms with Gasteiger partial charge in [-0.3, -0.25) is 9.20 Å². The highest BCUT2D eigenvalue weighted by Crippen LogP contribution is 2.30. The smallest absolute Gasteiger partial charge is 0.259 e. The second kappa shape index (κ2) is 8.10. The molecule has 4 heterocycles. The van der Waals surface area contributed by atoms with E-state index in [4.69, 9.17) is 9.72 Å². The number of rotatable bonds is 6. The van der Waals surface area contributed by atoms with Crippen LogP contribution in [0, 0.1) is 0 Å². The maximum atomic E-state index is 12.6. The van der Waals surface area contributed by atoms with Crippen LogP contribution in [0.2, 0.25) is 0 Å². The first-order valence-electron chi connectivity index (χ1n) is 9.61. The molecule has 0 amide bonds. The number of aryl methyl sites for hydroxylation is 2. The molecule has 3 aromatic heterocycles. The fourth-order valence-electron chi connectivity index (χ4n) is 3.70. The van der Waals surface area contributed by atoms with Gasteiger partial charge in [-0.2, -0.15) is 0 Å². The Morgan fingerprint density at radius 3 is 3.07 bits per heavy atom. The Morgan fingerprint density at radius 1 is 1.25 bits per heavy atom. The summed E-state index contributed by atoms with van der Waals surface area (Å²) in [7, 11) is 0. The van der Waals surface area contributed by atoms with Crippen LogP contribution in [0.3, 0.4) is 0 Å². The van der Waals surface area contributed by atoms with E-state index in [1.807, 2.05) is 4.40 Å². The zero-order chi connectivity index (χ0) is 18.9. The third-order valence-electron chi connectivity index (χ3n) is 5.07. The zero-order valence-electron chi connectivity index (χ0n) is 15.3. The summed E-state index contributed by atoms with van der Waals surface area (Å²) in [6.45, 7) is 1.63. The van der Waals surface area contributed by atoms with E-state index < -0.39 is 0 Å². The molecule has 0 spiro atoms. The first-order chi connectivity index (χ1) is 13.8. The van der Waals surface area contributed by atoms with Crippen LogP contribution in [-0.2, 0) is 23.3 Å². The normalized spacial score (nSPS) is 19.2. The van der Waals surface area contributed by atoms with Crippen LogP contribution in [-0.4, -0.2) is 38.8 Å². The highest BCUT2D eigenvalue weighted by Gasteiger charge is 2.19. The van der Waals surface area contributed by atoms with Crippen molar-refractivity contribution in [2.75, 3.05) is 18.5 Å². The molecule has 0 saturated carbocycles. The number of fused-ring (bicyclic) bond motifs is 3. The predicted octanol–water partition coefficient (Wildman–Crippen LogP) is 3.37.